The van der Waals surface area contributed by atoms with Crippen LogP contribution in [-0.2, 0) is 33.2 Å². The van der Waals surface area contributed by atoms with E-state index in [1.165, 1.54) is 238 Å². The minimum atomic E-state index is -1.97. The Hall–Kier alpha value is -2.25. The van der Waals surface area contributed by atoms with Gasteiger partial charge in [0.15, 0.2) is 18.9 Å². The number of rotatable bonds is 67. The summed E-state index contributed by atoms with van der Waals surface area (Å²) in [4.78, 5) is 13.5. The number of aliphatic hydroxyl groups excluding tert-OH is 11. The molecule has 17 atom stereocenters. The van der Waals surface area contributed by atoms with E-state index in [0.717, 1.165) is 70.6 Å². The van der Waals surface area contributed by atoms with Gasteiger partial charge >= 0.3 is 0 Å². The predicted molar refractivity (Wildman–Crippen MR) is 406 cm³/mol. The van der Waals surface area contributed by atoms with Crippen LogP contribution in [0.3, 0.4) is 0 Å². The summed E-state index contributed by atoms with van der Waals surface area (Å²) in [5.74, 6) is -0.238. The second-order valence-electron chi connectivity index (χ2n) is 29.9. The van der Waals surface area contributed by atoms with Crippen molar-refractivity contribution in [2.75, 3.05) is 26.4 Å². The summed E-state index contributed by atoms with van der Waals surface area (Å²) < 4.78 is 34.6. The number of aliphatic hydroxyl groups is 11. The fourth-order valence-electron chi connectivity index (χ4n) is 14.3. The third-order valence-corrected chi connectivity index (χ3v) is 20.9. The number of carbonyl (C=O) groups is 1. The van der Waals surface area contributed by atoms with Crippen LogP contribution in [0.2, 0.25) is 0 Å². The van der Waals surface area contributed by atoms with Crippen molar-refractivity contribution >= 4 is 5.91 Å². The van der Waals surface area contributed by atoms with Gasteiger partial charge < -0.3 is 89.9 Å². The molecule has 3 aliphatic heterocycles. The molecule has 3 saturated heterocycles. The first-order valence-electron chi connectivity index (χ1n) is 41.9. The topological polar surface area (TPSA) is 307 Å². The van der Waals surface area contributed by atoms with Crippen LogP contribution in [0.25, 0.3) is 0 Å². The largest absolute Gasteiger partial charge is 0.394 e. The monoisotopic (exact) mass is 1450 g/mol. The van der Waals surface area contributed by atoms with Gasteiger partial charge in [0.05, 0.1) is 38.6 Å². The second kappa shape index (κ2) is 63.7. The Kier molecular flexibility index (Phi) is 58.6. The Balaban J connectivity index is 1.35. The average molecular weight is 1450 g/mol. The number of ether oxygens (including phenoxy) is 6. The van der Waals surface area contributed by atoms with Crippen molar-refractivity contribution in [3.63, 3.8) is 0 Å². The van der Waals surface area contributed by atoms with Crippen LogP contribution in [0.15, 0.2) is 48.6 Å². The molecule has 3 aliphatic rings. The number of unbranched alkanes of at least 4 members (excludes halogenated alkanes) is 43. The van der Waals surface area contributed by atoms with Gasteiger partial charge in [0.1, 0.15) is 73.2 Å². The molecule has 0 aromatic heterocycles. The highest BCUT2D eigenvalue weighted by atomic mass is 16.8. The molecule has 0 saturated carbocycles. The Bertz CT molecular complexity index is 2030. The first kappa shape index (κ1) is 94.0. The quantitative estimate of drug-likeness (QED) is 0.0199. The lowest BCUT2D eigenvalue weighted by atomic mass is 9.96. The SMILES string of the molecule is CC/C=C\C/C=C\C/C=C\C/C=C\CCCCCCCCCCCCCCCCCCC(=O)NC(COC1OC(CO)C(OC2OC(CO)C(OC3OC(CO)C(O)C(O)C3O)C(O)C2O)C(O)C1O)C(O)CCCCCCCCCCCCCCCCCCCCCCCCCCCCCC. The zero-order valence-electron chi connectivity index (χ0n) is 64.1. The first-order chi connectivity index (χ1) is 49.8. The second-order valence-corrected chi connectivity index (χ2v) is 29.9. The Morgan fingerprint density at radius 3 is 1.06 bits per heavy atom. The third kappa shape index (κ3) is 43.1. The van der Waals surface area contributed by atoms with Crippen LogP contribution in [0, 0.1) is 0 Å². The van der Waals surface area contributed by atoms with Gasteiger partial charge in [-0.1, -0.05) is 332 Å². The van der Waals surface area contributed by atoms with Crippen molar-refractivity contribution in [3.05, 3.63) is 48.6 Å². The summed E-state index contributed by atoms with van der Waals surface area (Å²) in [6.07, 6.45) is 53.4. The first-order valence-corrected chi connectivity index (χ1v) is 41.9. The van der Waals surface area contributed by atoms with Gasteiger partial charge in [0, 0.05) is 6.42 Å². The van der Waals surface area contributed by atoms with Crippen LogP contribution in [-0.4, -0.2) is 193 Å². The Labute approximate surface area is 618 Å². The Morgan fingerprint density at radius 1 is 0.363 bits per heavy atom. The zero-order chi connectivity index (χ0) is 73.9. The number of allylic oxidation sites excluding steroid dienone is 8. The number of hydrogen-bond acceptors (Lipinski definition) is 18. The van der Waals surface area contributed by atoms with E-state index >= 15 is 0 Å². The van der Waals surface area contributed by atoms with Crippen LogP contribution < -0.4 is 5.32 Å². The van der Waals surface area contributed by atoms with E-state index in [2.05, 4.69) is 67.8 Å². The standard InChI is InChI=1S/C83H153NO18/c1-3-5-7-9-11-13-15-17-19-21-23-25-27-29-31-33-35-37-39-41-43-45-47-49-51-53-55-57-59-61-71(89)84-66(67(88)60-58-56-54-52-50-48-46-44-42-40-38-36-34-32-30-28-26-24-22-20-18-16-14-12-10-8-6-4-2)65-97-81-77(95)74(92)79(69(63-86)99-81)102-83-78(96)75(93)80(70(64-87)100-83)101-82-76(94)73(91)72(90)68(62-85)98-82/h5,7,11,13,17,19,23,25,66-70,72-83,85-88,90-96H,3-4,6,8-10,12,14-16,18,20-22,24,26-65H2,1-2H3,(H,84,89)/b7-5-,13-11-,19-17-,25-23-. The summed E-state index contributed by atoms with van der Waals surface area (Å²) in [6.45, 7) is 1.74. The van der Waals surface area contributed by atoms with E-state index in [4.69, 9.17) is 28.4 Å². The molecule has 0 aromatic rings. The van der Waals surface area contributed by atoms with E-state index in [1.54, 1.807) is 0 Å². The molecule has 0 radical (unpaired) electrons. The van der Waals surface area contributed by atoms with Crippen molar-refractivity contribution in [3.8, 4) is 0 Å². The highest BCUT2D eigenvalue weighted by Crippen LogP contribution is 2.33. The van der Waals surface area contributed by atoms with Gasteiger partial charge in [0.2, 0.25) is 5.91 Å². The lowest BCUT2D eigenvalue weighted by Crippen LogP contribution is -2.66. The van der Waals surface area contributed by atoms with Gasteiger partial charge in [-0.25, -0.2) is 0 Å². The van der Waals surface area contributed by atoms with Gasteiger partial charge in [0.25, 0.3) is 0 Å². The molecule has 3 rings (SSSR count). The maximum absolute atomic E-state index is 13.5. The van der Waals surface area contributed by atoms with Crippen LogP contribution >= 0.6 is 0 Å². The van der Waals surface area contributed by atoms with Crippen LogP contribution in [0.4, 0.5) is 0 Å². The molecule has 17 unspecified atom stereocenters. The molecule has 1 amide bonds. The fourth-order valence-corrected chi connectivity index (χ4v) is 14.3. The summed E-state index contributed by atoms with van der Waals surface area (Å²) in [7, 11) is 0. The summed E-state index contributed by atoms with van der Waals surface area (Å²) in [5.41, 5.74) is 0. The predicted octanol–water partition coefficient (Wildman–Crippen LogP) is 14.5. The molecule has 0 aromatic carbocycles. The molecular formula is C83H153NO18. The molecule has 19 heteroatoms. The maximum Gasteiger partial charge on any atom is 0.220 e. The van der Waals surface area contributed by atoms with E-state index in [-0.39, 0.29) is 18.9 Å². The van der Waals surface area contributed by atoms with Crippen LogP contribution in [0.5, 0.6) is 0 Å². The lowest BCUT2D eigenvalue weighted by molar-refractivity contribution is -0.379. The fraction of sp³-hybridized carbons (Fsp3) is 0.892. The van der Waals surface area contributed by atoms with Crippen molar-refractivity contribution in [2.24, 2.45) is 0 Å². The molecule has 0 spiro atoms. The lowest BCUT2D eigenvalue weighted by Gasteiger charge is -2.48. The van der Waals surface area contributed by atoms with Crippen molar-refractivity contribution < 1.29 is 89.4 Å². The van der Waals surface area contributed by atoms with Gasteiger partial charge in [-0.2, -0.15) is 0 Å². The molecule has 0 aliphatic carbocycles. The van der Waals surface area contributed by atoms with Crippen molar-refractivity contribution in [1.82, 2.24) is 5.32 Å². The molecular weight excluding hydrogens is 1300 g/mol. The molecule has 598 valence electrons. The van der Waals surface area contributed by atoms with Gasteiger partial charge in [-0.05, 0) is 51.4 Å². The molecule has 19 nitrogen and oxygen atoms in total. The Morgan fingerprint density at radius 2 is 0.676 bits per heavy atom. The van der Waals surface area contributed by atoms with E-state index in [0.29, 0.717) is 12.8 Å². The normalized spacial score (nSPS) is 26.4. The minimum Gasteiger partial charge on any atom is -0.394 e. The van der Waals surface area contributed by atoms with E-state index < -0.39 is 124 Å². The maximum atomic E-state index is 13.5. The molecule has 12 N–H and O–H groups in total. The smallest absolute Gasteiger partial charge is 0.220 e. The third-order valence-electron chi connectivity index (χ3n) is 20.9. The van der Waals surface area contributed by atoms with Crippen molar-refractivity contribution in [2.45, 2.75) is 446 Å². The minimum absolute atomic E-state index is 0.238. The van der Waals surface area contributed by atoms with Crippen molar-refractivity contribution in [1.29, 1.82) is 0 Å². The highest BCUT2D eigenvalue weighted by molar-refractivity contribution is 5.76. The van der Waals surface area contributed by atoms with Gasteiger partial charge in [-0.15, -0.1) is 0 Å². The average Bonchev–Trinajstić information content (AvgIpc) is 0.766. The number of amides is 1. The molecule has 3 fully saturated rings. The van der Waals surface area contributed by atoms with Crippen LogP contribution in [0.1, 0.15) is 341 Å². The summed E-state index contributed by atoms with van der Waals surface area (Å²) in [5, 5.41) is 121. The summed E-state index contributed by atoms with van der Waals surface area (Å²) in [6, 6.07) is -0.890. The van der Waals surface area contributed by atoms with E-state index in [1.807, 2.05) is 0 Å². The zero-order valence-corrected chi connectivity index (χ0v) is 64.1. The number of hydrogen-bond donors (Lipinski definition) is 12. The molecule has 0 bridgehead atoms. The number of nitrogens with one attached hydrogen (secondary N) is 1. The molecule has 102 heavy (non-hydrogen) atoms. The number of carbonyl (C=O) groups excluding carboxylic acids is 1. The van der Waals surface area contributed by atoms with E-state index in [9.17, 15) is 61.0 Å². The molecule has 3 heterocycles. The highest BCUT2D eigenvalue weighted by Gasteiger charge is 2.54. The van der Waals surface area contributed by atoms with Gasteiger partial charge in [-0.3, -0.25) is 4.79 Å². The summed E-state index contributed by atoms with van der Waals surface area (Å²) >= 11 is 0.